The molecule has 2 amide bonds. The molecule has 0 aliphatic rings. The summed E-state index contributed by atoms with van der Waals surface area (Å²) < 4.78 is 34.0. The summed E-state index contributed by atoms with van der Waals surface area (Å²) in [5, 5.41) is 3.57. The highest BCUT2D eigenvalue weighted by Gasteiger charge is 2.33. The van der Waals surface area contributed by atoms with E-state index in [1.807, 2.05) is 6.92 Å². The first kappa shape index (κ1) is 32.2. The third-order valence-corrected chi connectivity index (χ3v) is 9.05. The number of anilines is 1. The minimum atomic E-state index is -4.15. The third-order valence-electron chi connectivity index (χ3n) is 6.52. The Balaban J connectivity index is 2.04. The van der Waals surface area contributed by atoms with Crippen LogP contribution in [0.2, 0.25) is 10.0 Å². The van der Waals surface area contributed by atoms with Crippen molar-refractivity contribution in [3.05, 3.63) is 88.4 Å². The van der Waals surface area contributed by atoms with Crippen molar-refractivity contribution in [1.29, 1.82) is 0 Å². The molecule has 1 atom stereocenters. The molecule has 220 valence electrons. The van der Waals surface area contributed by atoms with E-state index in [1.54, 1.807) is 67.6 Å². The first-order valence-corrected chi connectivity index (χ1v) is 15.5. The minimum Gasteiger partial charge on any atom is -0.497 e. The van der Waals surface area contributed by atoms with Gasteiger partial charge in [0.25, 0.3) is 10.0 Å². The zero-order valence-corrected chi connectivity index (χ0v) is 25.7. The van der Waals surface area contributed by atoms with Crippen molar-refractivity contribution in [2.45, 2.75) is 50.6 Å². The molecule has 0 saturated heterocycles. The number of hydrogen-bond donors (Lipinski definition) is 1. The predicted molar refractivity (Wildman–Crippen MR) is 163 cm³/mol. The molecule has 41 heavy (non-hydrogen) atoms. The molecule has 0 aliphatic carbocycles. The molecule has 0 fully saturated rings. The predicted octanol–water partition coefficient (Wildman–Crippen LogP) is 5.92. The van der Waals surface area contributed by atoms with Gasteiger partial charge in [-0.2, -0.15) is 0 Å². The Hall–Kier alpha value is -3.27. The molecule has 0 spiro atoms. The van der Waals surface area contributed by atoms with Crippen LogP contribution in [0.15, 0.2) is 77.7 Å². The molecule has 0 aliphatic heterocycles. The Labute approximate surface area is 252 Å². The van der Waals surface area contributed by atoms with Gasteiger partial charge in [0.2, 0.25) is 11.8 Å². The average molecular weight is 621 g/mol. The molecule has 0 aromatic heterocycles. The fourth-order valence-electron chi connectivity index (χ4n) is 4.26. The number of ether oxygens (including phenoxy) is 1. The molecule has 8 nitrogen and oxygen atoms in total. The number of benzene rings is 3. The van der Waals surface area contributed by atoms with Gasteiger partial charge < -0.3 is 15.0 Å². The summed E-state index contributed by atoms with van der Waals surface area (Å²) in [5.41, 5.74) is 0.924. The lowest BCUT2D eigenvalue weighted by atomic mass is 10.1. The molecule has 0 saturated carbocycles. The zero-order chi connectivity index (χ0) is 30.0. The van der Waals surface area contributed by atoms with E-state index in [-0.39, 0.29) is 23.0 Å². The van der Waals surface area contributed by atoms with Crippen molar-refractivity contribution >= 4 is 50.7 Å². The van der Waals surface area contributed by atoms with E-state index in [0.717, 1.165) is 17.1 Å². The summed E-state index contributed by atoms with van der Waals surface area (Å²) in [7, 11) is -2.64. The molecule has 0 unspecified atom stereocenters. The van der Waals surface area contributed by atoms with Gasteiger partial charge in [0.15, 0.2) is 0 Å². The fourth-order valence-corrected chi connectivity index (χ4v) is 6.01. The monoisotopic (exact) mass is 619 g/mol. The van der Waals surface area contributed by atoms with Gasteiger partial charge in [0, 0.05) is 13.1 Å². The smallest absolute Gasteiger partial charge is 0.264 e. The van der Waals surface area contributed by atoms with Gasteiger partial charge in [0.1, 0.15) is 18.3 Å². The fraction of sp³-hybridized carbons (Fsp3) is 0.333. The maximum Gasteiger partial charge on any atom is 0.264 e. The molecule has 11 heteroatoms. The summed E-state index contributed by atoms with van der Waals surface area (Å²) in [5.74, 6) is -0.326. The van der Waals surface area contributed by atoms with E-state index < -0.39 is 28.5 Å². The summed E-state index contributed by atoms with van der Waals surface area (Å²) in [6.45, 7) is 3.79. The largest absolute Gasteiger partial charge is 0.497 e. The maximum atomic E-state index is 14.1. The Morgan fingerprint density at radius 2 is 1.63 bits per heavy atom. The van der Waals surface area contributed by atoms with Crippen LogP contribution in [-0.4, -0.2) is 51.4 Å². The normalized spacial score (nSPS) is 11.9. The van der Waals surface area contributed by atoms with Gasteiger partial charge in [-0.1, -0.05) is 67.7 Å². The highest BCUT2D eigenvalue weighted by Crippen LogP contribution is 2.28. The lowest BCUT2D eigenvalue weighted by molar-refractivity contribution is -0.140. The summed E-state index contributed by atoms with van der Waals surface area (Å²) >= 11 is 12.3. The number of nitrogens with one attached hydrogen (secondary N) is 1. The Morgan fingerprint density at radius 3 is 2.22 bits per heavy atom. The SMILES string of the molecule is CCCCNC(=O)[C@@H](CC)N(Cc1ccc(Cl)c(Cl)c1)C(=O)CN(c1ccc(OC)cc1)S(=O)(=O)c1ccccc1. The highest BCUT2D eigenvalue weighted by atomic mass is 35.5. The Kier molecular flexibility index (Phi) is 11.9. The lowest BCUT2D eigenvalue weighted by Crippen LogP contribution is -2.52. The number of unbranched alkanes of at least 4 members (excludes halogenated alkanes) is 1. The van der Waals surface area contributed by atoms with Crippen LogP contribution in [0.25, 0.3) is 0 Å². The lowest BCUT2D eigenvalue weighted by Gasteiger charge is -2.33. The Morgan fingerprint density at radius 1 is 0.951 bits per heavy atom. The molecule has 0 radical (unpaired) electrons. The number of halogens is 2. The number of hydrogen-bond acceptors (Lipinski definition) is 5. The molecule has 1 N–H and O–H groups in total. The first-order chi connectivity index (χ1) is 19.6. The number of amides is 2. The van der Waals surface area contributed by atoms with Crippen LogP contribution in [0.5, 0.6) is 5.75 Å². The van der Waals surface area contributed by atoms with Crippen LogP contribution in [0.1, 0.15) is 38.7 Å². The van der Waals surface area contributed by atoms with E-state index in [1.165, 1.54) is 24.1 Å². The number of rotatable bonds is 14. The number of carbonyl (C=O) groups is 2. The number of methoxy groups -OCH3 is 1. The van der Waals surface area contributed by atoms with Crippen molar-refractivity contribution in [2.75, 3.05) is 24.5 Å². The minimum absolute atomic E-state index is 0.0251. The van der Waals surface area contributed by atoms with E-state index >= 15 is 0 Å². The van der Waals surface area contributed by atoms with Crippen LogP contribution in [0, 0.1) is 0 Å². The van der Waals surface area contributed by atoms with Crippen LogP contribution in [-0.2, 0) is 26.2 Å². The molecule has 0 bridgehead atoms. The summed E-state index contributed by atoms with van der Waals surface area (Å²) in [6, 6.07) is 18.4. The first-order valence-electron chi connectivity index (χ1n) is 13.3. The van der Waals surface area contributed by atoms with Crippen LogP contribution < -0.4 is 14.4 Å². The second-order valence-corrected chi connectivity index (χ2v) is 12.0. The van der Waals surface area contributed by atoms with Crippen LogP contribution >= 0.6 is 23.2 Å². The topological polar surface area (TPSA) is 96.0 Å². The standard InChI is InChI=1S/C30H35Cl2N3O5S/c1-4-6-18-33-30(37)28(5-2)34(20-22-12-17-26(31)27(32)19-22)29(36)21-35(23-13-15-24(40-3)16-14-23)41(38,39)25-10-8-7-9-11-25/h7-17,19,28H,4-6,18,20-21H2,1-3H3,(H,33,37)/t28-/m1/s1. The van der Waals surface area contributed by atoms with Gasteiger partial charge in [-0.05, 0) is 66.9 Å². The van der Waals surface area contributed by atoms with Crippen molar-refractivity contribution in [2.24, 2.45) is 0 Å². The number of carbonyl (C=O) groups excluding carboxylic acids is 2. The van der Waals surface area contributed by atoms with E-state index in [9.17, 15) is 18.0 Å². The van der Waals surface area contributed by atoms with Crippen LogP contribution in [0.3, 0.4) is 0 Å². The summed E-state index contributed by atoms with van der Waals surface area (Å²) in [4.78, 5) is 28.8. The maximum absolute atomic E-state index is 14.1. The molecule has 3 aromatic carbocycles. The van der Waals surface area contributed by atoms with Crippen molar-refractivity contribution in [1.82, 2.24) is 10.2 Å². The Bertz CT molecular complexity index is 1420. The molecular formula is C30H35Cl2N3O5S. The third kappa shape index (κ3) is 8.38. The molecular weight excluding hydrogens is 585 g/mol. The van der Waals surface area contributed by atoms with Gasteiger partial charge in [0.05, 0.1) is 27.7 Å². The van der Waals surface area contributed by atoms with E-state index in [2.05, 4.69) is 5.32 Å². The van der Waals surface area contributed by atoms with Crippen LogP contribution in [0.4, 0.5) is 5.69 Å². The van der Waals surface area contributed by atoms with Gasteiger partial charge in [-0.15, -0.1) is 0 Å². The van der Waals surface area contributed by atoms with E-state index in [0.29, 0.717) is 34.3 Å². The van der Waals surface area contributed by atoms with Crippen molar-refractivity contribution in [3.8, 4) is 5.75 Å². The van der Waals surface area contributed by atoms with Gasteiger partial charge >= 0.3 is 0 Å². The van der Waals surface area contributed by atoms with E-state index in [4.69, 9.17) is 27.9 Å². The van der Waals surface area contributed by atoms with Crippen molar-refractivity contribution < 1.29 is 22.7 Å². The van der Waals surface area contributed by atoms with Gasteiger partial charge in [-0.3, -0.25) is 13.9 Å². The highest BCUT2D eigenvalue weighted by molar-refractivity contribution is 7.92. The number of sulfonamides is 1. The zero-order valence-electron chi connectivity index (χ0n) is 23.3. The second kappa shape index (κ2) is 15.1. The van der Waals surface area contributed by atoms with Gasteiger partial charge in [-0.25, -0.2) is 8.42 Å². The average Bonchev–Trinajstić information content (AvgIpc) is 2.98. The molecule has 0 heterocycles. The van der Waals surface area contributed by atoms with Crippen molar-refractivity contribution in [3.63, 3.8) is 0 Å². The summed E-state index contributed by atoms with van der Waals surface area (Å²) in [6.07, 6.45) is 2.01. The number of nitrogens with zero attached hydrogens (tertiary/aromatic N) is 2. The quantitative estimate of drug-likeness (QED) is 0.226. The molecule has 3 aromatic rings. The molecule has 3 rings (SSSR count). The second-order valence-electron chi connectivity index (χ2n) is 9.36.